The van der Waals surface area contributed by atoms with Crippen LogP contribution in [-0.2, 0) is 20.9 Å². The van der Waals surface area contributed by atoms with Gasteiger partial charge in [-0.2, -0.15) is 10.2 Å². The third kappa shape index (κ3) is 6.50. The van der Waals surface area contributed by atoms with Gasteiger partial charge in [0.15, 0.2) is 0 Å². The van der Waals surface area contributed by atoms with Gasteiger partial charge in [-0.05, 0) is 41.0 Å². The number of imidazole rings is 1. The number of nitrogens with zero attached hydrogens (tertiary/aromatic N) is 6. The summed E-state index contributed by atoms with van der Waals surface area (Å²) in [5.41, 5.74) is 5.27. The number of benzene rings is 3. The van der Waals surface area contributed by atoms with E-state index in [1.54, 1.807) is 12.1 Å². The molecule has 0 bridgehead atoms. The highest BCUT2D eigenvalue weighted by Gasteiger charge is 2.20. The van der Waals surface area contributed by atoms with Gasteiger partial charge < -0.3 is 19.0 Å². The fraction of sp³-hybridized carbons (Fsp3) is 0.250. The van der Waals surface area contributed by atoms with E-state index in [-0.39, 0.29) is 26.4 Å². The first kappa shape index (κ1) is 28.2. The molecule has 3 aromatic carbocycles. The van der Waals surface area contributed by atoms with Gasteiger partial charge >= 0.3 is 5.97 Å². The molecule has 14 nitrogen and oxygen atoms in total. The Morgan fingerprint density at radius 1 is 0.976 bits per heavy atom. The van der Waals surface area contributed by atoms with Crippen LogP contribution in [0.1, 0.15) is 22.8 Å². The minimum Gasteiger partial charge on any atom is -0.465 e. The zero-order valence-electron chi connectivity index (χ0n) is 22.6. The van der Waals surface area contributed by atoms with Crippen molar-refractivity contribution < 1.29 is 28.9 Å². The van der Waals surface area contributed by atoms with E-state index >= 15 is 0 Å². The first-order chi connectivity index (χ1) is 20.5. The van der Waals surface area contributed by atoms with Crippen LogP contribution in [0.3, 0.4) is 0 Å². The van der Waals surface area contributed by atoms with Gasteiger partial charge in [0.1, 0.15) is 13.2 Å². The molecule has 0 saturated carbocycles. The molecule has 5 aromatic rings. The Bertz CT molecular complexity index is 1650. The van der Waals surface area contributed by atoms with Crippen LogP contribution in [0.5, 0.6) is 6.01 Å². The second-order valence-corrected chi connectivity index (χ2v) is 8.87. The number of aromatic nitrogens is 6. The predicted octanol–water partition coefficient (Wildman–Crippen LogP) is 3.71. The number of esters is 1. The average molecular weight is 574 g/mol. The summed E-state index contributed by atoms with van der Waals surface area (Å²) in [7, 11) is 0. The molecule has 0 amide bonds. The number of rotatable bonds is 14. The molecule has 42 heavy (non-hydrogen) atoms. The Kier molecular flexibility index (Phi) is 8.94. The summed E-state index contributed by atoms with van der Waals surface area (Å²) in [5, 5.41) is 23.7. The van der Waals surface area contributed by atoms with Crippen molar-refractivity contribution in [1.29, 1.82) is 0 Å². The number of hydrogen-bond acceptors (Lipinski definition) is 11. The van der Waals surface area contributed by atoms with Crippen molar-refractivity contribution in [2.24, 2.45) is 0 Å². The van der Waals surface area contributed by atoms with Crippen molar-refractivity contribution in [3.8, 4) is 28.5 Å². The minimum atomic E-state index is -0.893. The molecule has 2 aromatic heterocycles. The maximum Gasteiger partial charge on any atom is 0.340 e. The summed E-state index contributed by atoms with van der Waals surface area (Å²) in [4.78, 5) is 32.0. The van der Waals surface area contributed by atoms with E-state index < -0.39 is 11.1 Å². The number of carbonyl (C=O) groups excluding carboxylic acids is 1. The largest absolute Gasteiger partial charge is 0.465 e. The number of aromatic amines is 1. The van der Waals surface area contributed by atoms with Crippen LogP contribution < -0.4 is 4.74 Å². The molecule has 1 N–H and O–H groups in total. The summed E-state index contributed by atoms with van der Waals surface area (Å²) in [6.07, 6.45) is 0. The second kappa shape index (κ2) is 13.3. The van der Waals surface area contributed by atoms with E-state index in [9.17, 15) is 14.9 Å². The van der Waals surface area contributed by atoms with Crippen molar-refractivity contribution in [2.45, 2.75) is 13.5 Å². The number of nitrogens with one attached hydrogen (secondary N) is 1. The highest BCUT2D eigenvalue weighted by molar-refractivity contribution is 6.02. The lowest BCUT2D eigenvalue weighted by Crippen LogP contribution is -2.15. The van der Waals surface area contributed by atoms with Crippen LogP contribution >= 0.6 is 0 Å². The molecular formula is C28H27N7O7. The molecule has 0 aliphatic heterocycles. The fourth-order valence-corrected chi connectivity index (χ4v) is 4.44. The van der Waals surface area contributed by atoms with E-state index in [0.29, 0.717) is 41.6 Å². The third-order valence-corrected chi connectivity index (χ3v) is 6.23. The van der Waals surface area contributed by atoms with Gasteiger partial charge in [-0.25, -0.2) is 4.79 Å². The zero-order valence-corrected chi connectivity index (χ0v) is 22.6. The van der Waals surface area contributed by atoms with E-state index in [2.05, 4.69) is 30.4 Å². The Morgan fingerprint density at radius 2 is 1.76 bits per heavy atom. The van der Waals surface area contributed by atoms with Crippen molar-refractivity contribution in [1.82, 2.24) is 30.2 Å². The summed E-state index contributed by atoms with van der Waals surface area (Å²) >= 11 is 0. The zero-order chi connectivity index (χ0) is 29.3. The van der Waals surface area contributed by atoms with Crippen molar-refractivity contribution in [3.05, 3.63) is 88.0 Å². The monoisotopic (exact) mass is 573 g/mol. The summed E-state index contributed by atoms with van der Waals surface area (Å²) in [6, 6.07) is 21.4. The number of fused-ring (bicyclic) bond motifs is 1. The van der Waals surface area contributed by atoms with E-state index in [4.69, 9.17) is 14.2 Å². The predicted molar refractivity (Wildman–Crippen MR) is 149 cm³/mol. The lowest BCUT2D eigenvalue weighted by atomic mass is 9.98. The quantitative estimate of drug-likeness (QED) is 0.0889. The number of H-pyrrole nitrogens is 1. The van der Waals surface area contributed by atoms with Gasteiger partial charge in [0.2, 0.25) is 5.82 Å². The van der Waals surface area contributed by atoms with Crippen LogP contribution in [0.15, 0.2) is 66.7 Å². The van der Waals surface area contributed by atoms with Crippen molar-refractivity contribution in [3.63, 3.8) is 0 Å². The van der Waals surface area contributed by atoms with Gasteiger partial charge in [0.05, 0.1) is 43.0 Å². The molecule has 0 unspecified atom stereocenters. The highest BCUT2D eigenvalue weighted by Crippen LogP contribution is 2.31. The molecule has 0 fully saturated rings. The SMILES string of the molecule is CCOc1nc2cccc(C(=O)OCCOCCO[N+](=O)[O-])c2n1Cc1ccc(-c2ccccc2-c2nn[nH]n2)cc1. The summed E-state index contributed by atoms with van der Waals surface area (Å²) in [6.45, 7) is 2.48. The maximum atomic E-state index is 13.0. The smallest absolute Gasteiger partial charge is 0.340 e. The van der Waals surface area contributed by atoms with Gasteiger partial charge in [0.25, 0.3) is 11.1 Å². The molecule has 0 aliphatic rings. The van der Waals surface area contributed by atoms with E-state index in [1.165, 1.54) is 0 Å². The first-order valence-corrected chi connectivity index (χ1v) is 13.1. The molecule has 14 heteroatoms. The fourth-order valence-electron chi connectivity index (χ4n) is 4.44. The molecule has 0 radical (unpaired) electrons. The van der Waals surface area contributed by atoms with Crippen LogP contribution in [0, 0.1) is 10.1 Å². The highest BCUT2D eigenvalue weighted by atomic mass is 17.0. The van der Waals surface area contributed by atoms with Gasteiger partial charge in [-0.15, -0.1) is 20.3 Å². The van der Waals surface area contributed by atoms with Crippen molar-refractivity contribution in [2.75, 3.05) is 33.0 Å². The van der Waals surface area contributed by atoms with Gasteiger partial charge in [-0.3, -0.25) is 4.57 Å². The Labute approximate surface area is 239 Å². The molecule has 0 spiro atoms. The average Bonchev–Trinajstić information content (AvgIpc) is 3.66. The number of ether oxygens (including phenoxy) is 3. The molecular weight excluding hydrogens is 546 g/mol. The Morgan fingerprint density at radius 3 is 2.50 bits per heavy atom. The number of para-hydroxylation sites is 1. The number of carbonyl (C=O) groups is 1. The lowest BCUT2D eigenvalue weighted by molar-refractivity contribution is -0.758. The normalized spacial score (nSPS) is 11.0. The molecule has 0 saturated heterocycles. The summed E-state index contributed by atoms with van der Waals surface area (Å²) < 4.78 is 18.3. The molecule has 0 atom stereocenters. The molecule has 2 heterocycles. The molecule has 5 rings (SSSR count). The topological polar surface area (TPSA) is 169 Å². The number of hydrogen-bond donors (Lipinski definition) is 1. The van der Waals surface area contributed by atoms with Crippen molar-refractivity contribution >= 4 is 17.0 Å². The number of tetrazole rings is 1. The standard InChI is InChI=1S/C28H27N7O7/c1-2-40-28-29-24-9-5-8-23(27(36)41-16-14-39-15-17-42-35(37)38)25(24)34(28)18-19-10-12-20(13-11-19)21-6-3-4-7-22(21)26-30-32-33-31-26/h3-13H,2,14-18H2,1H3,(H,30,31,32,33). The Hall–Kier alpha value is -5.37. The van der Waals surface area contributed by atoms with E-state index in [1.807, 2.05) is 66.1 Å². The van der Waals surface area contributed by atoms with Gasteiger partial charge in [0, 0.05) is 5.56 Å². The van der Waals surface area contributed by atoms with E-state index in [0.717, 1.165) is 22.3 Å². The van der Waals surface area contributed by atoms with Gasteiger partial charge in [-0.1, -0.05) is 54.6 Å². The maximum absolute atomic E-state index is 13.0. The molecule has 0 aliphatic carbocycles. The van der Waals surface area contributed by atoms with Crippen LogP contribution in [0.4, 0.5) is 0 Å². The molecule has 216 valence electrons. The minimum absolute atomic E-state index is 0.0000789. The Balaban J connectivity index is 1.35. The lowest BCUT2D eigenvalue weighted by Gasteiger charge is -2.13. The third-order valence-electron chi connectivity index (χ3n) is 6.23. The summed E-state index contributed by atoms with van der Waals surface area (Å²) in [5.74, 6) is -0.0425. The first-order valence-electron chi connectivity index (χ1n) is 13.1. The second-order valence-electron chi connectivity index (χ2n) is 8.87. The van der Waals surface area contributed by atoms with Crippen LogP contribution in [0.2, 0.25) is 0 Å². The van der Waals surface area contributed by atoms with Crippen LogP contribution in [0.25, 0.3) is 33.5 Å². The van der Waals surface area contributed by atoms with Crippen LogP contribution in [-0.4, -0.2) is 74.3 Å².